The summed E-state index contributed by atoms with van der Waals surface area (Å²) in [5.74, 6) is -0.230. The minimum atomic E-state index is -4.60. The van der Waals surface area contributed by atoms with Gasteiger partial charge < -0.3 is 15.3 Å². The van der Waals surface area contributed by atoms with Crippen molar-refractivity contribution in [2.75, 3.05) is 5.32 Å². The second kappa shape index (κ2) is 8.24. The molecule has 6 nitrogen and oxygen atoms in total. The summed E-state index contributed by atoms with van der Waals surface area (Å²) in [6, 6.07) is 11.2. The van der Waals surface area contributed by atoms with Crippen molar-refractivity contribution in [1.29, 1.82) is 0 Å². The molecule has 9 heteroatoms. The molecule has 0 aliphatic heterocycles. The molecule has 0 saturated carbocycles. The van der Waals surface area contributed by atoms with Crippen LogP contribution in [-0.2, 0) is 11.0 Å². The Morgan fingerprint density at radius 2 is 1.47 bits per heavy atom. The van der Waals surface area contributed by atoms with Crippen LogP contribution in [0.25, 0.3) is 12.2 Å². The molecule has 3 aromatic rings. The van der Waals surface area contributed by atoms with Crippen molar-refractivity contribution in [3.63, 3.8) is 0 Å². The summed E-state index contributed by atoms with van der Waals surface area (Å²) in [6.45, 7) is 1.37. The minimum absolute atomic E-state index is 0.0615. The average Bonchev–Trinajstić information content (AvgIpc) is 2.66. The first-order valence-electron chi connectivity index (χ1n) is 8.73. The molecule has 0 aliphatic rings. The van der Waals surface area contributed by atoms with Crippen LogP contribution in [0.15, 0.2) is 58.1 Å². The van der Waals surface area contributed by atoms with Crippen molar-refractivity contribution >= 4 is 23.7 Å². The van der Waals surface area contributed by atoms with E-state index in [1.54, 1.807) is 24.3 Å². The van der Waals surface area contributed by atoms with Crippen molar-refractivity contribution in [3.8, 4) is 0 Å². The van der Waals surface area contributed by atoms with Crippen molar-refractivity contribution in [2.24, 2.45) is 0 Å². The van der Waals surface area contributed by atoms with Crippen molar-refractivity contribution in [2.45, 2.75) is 13.1 Å². The van der Waals surface area contributed by atoms with Gasteiger partial charge in [0.05, 0.1) is 5.56 Å². The lowest BCUT2D eigenvalue weighted by Crippen LogP contribution is -2.46. The normalized spacial score (nSPS) is 12.8. The molecule has 3 rings (SSSR count). The summed E-state index contributed by atoms with van der Waals surface area (Å²) in [6.07, 6.45) is -2.21. The maximum atomic E-state index is 13.1. The van der Waals surface area contributed by atoms with Gasteiger partial charge in [-0.3, -0.25) is 14.4 Å². The van der Waals surface area contributed by atoms with E-state index < -0.39 is 22.9 Å². The first-order chi connectivity index (χ1) is 14.1. The van der Waals surface area contributed by atoms with Gasteiger partial charge in [0.2, 0.25) is 5.91 Å². The molecule has 1 aromatic heterocycles. The molecular weight excluding hydrogens is 399 g/mol. The van der Waals surface area contributed by atoms with E-state index in [0.717, 1.165) is 12.1 Å². The monoisotopic (exact) mass is 415 g/mol. The van der Waals surface area contributed by atoms with Gasteiger partial charge in [-0.05, 0) is 41.5 Å². The Labute approximate surface area is 167 Å². The van der Waals surface area contributed by atoms with E-state index >= 15 is 0 Å². The summed E-state index contributed by atoms with van der Waals surface area (Å²) in [7, 11) is 0. The fraction of sp³-hybridized carbons (Fsp3) is 0.0952. The molecule has 3 N–H and O–H groups in total. The largest absolute Gasteiger partial charge is 0.416 e. The number of hydrogen-bond donors (Lipinski definition) is 3. The number of rotatable bonds is 3. The van der Waals surface area contributed by atoms with Crippen molar-refractivity contribution in [3.05, 3.63) is 96.6 Å². The van der Waals surface area contributed by atoms with Gasteiger partial charge in [-0.1, -0.05) is 30.3 Å². The van der Waals surface area contributed by atoms with Gasteiger partial charge in [0.15, 0.2) is 0 Å². The van der Waals surface area contributed by atoms with Gasteiger partial charge in [0.25, 0.3) is 11.1 Å². The number of alkyl halides is 3. The van der Waals surface area contributed by atoms with Crippen molar-refractivity contribution < 1.29 is 18.0 Å². The number of nitrogens with one attached hydrogen (secondary N) is 3. The molecule has 0 aliphatic carbocycles. The quantitative estimate of drug-likeness (QED) is 0.608. The molecule has 30 heavy (non-hydrogen) atoms. The maximum Gasteiger partial charge on any atom is 0.416 e. The van der Waals surface area contributed by atoms with E-state index in [0.29, 0.717) is 11.3 Å². The molecule has 0 atom stereocenters. The smallest absolute Gasteiger partial charge is 0.326 e. The van der Waals surface area contributed by atoms with Crippen LogP contribution in [0, 0.1) is 0 Å². The van der Waals surface area contributed by atoms with Crippen LogP contribution in [0.3, 0.4) is 0 Å². The Bertz CT molecular complexity index is 1320. The van der Waals surface area contributed by atoms with Gasteiger partial charge in [-0.15, -0.1) is 0 Å². The number of carbonyl (C=O) groups is 1. The first-order valence-corrected chi connectivity index (χ1v) is 8.73. The number of aromatic nitrogens is 2. The molecule has 2 aromatic carbocycles. The SMILES string of the molecule is CC(=O)Nc1ccc(C=c2[nH]c(=O)c(=Cc3ccccc3C(F)(F)F)[nH]c2=O)cc1. The Kier molecular flexibility index (Phi) is 5.72. The van der Waals surface area contributed by atoms with E-state index in [2.05, 4.69) is 15.3 Å². The van der Waals surface area contributed by atoms with Crippen LogP contribution in [0.2, 0.25) is 0 Å². The van der Waals surface area contributed by atoms with Gasteiger partial charge in [0.1, 0.15) is 10.7 Å². The summed E-state index contributed by atoms with van der Waals surface area (Å²) < 4.78 is 39.4. The number of hydrogen-bond acceptors (Lipinski definition) is 3. The third kappa shape index (κ3) is 4.93. The first kappa shape index (κ1) is 20.8. The third-order valence-corrected chi connectivity index (χ3v) is 4.09. The molecule has 0 spiro atoms. The average molecular weight is 415 g/mol. The third-order valence-electron chi connectivity index (χ3n) is 4.09. The van der Waals surface area contributed by atoms with Crippen LogP contribution >= 0.6 is 0 Å². The summed E-state index contributed by atoms with van der Waals surface area (Å²) in [5, 5.41) is 2.24. The van der Waals surface area contributed by atoms with Gasteiger partial charge in [-0.25, -0.2) is 0 Å². The van der Waals surface area contributed by atoms with E-state index in [9.17, 15) is 27.6 Å². The second-order valence-corrected chi connectivity index (χ2v) is 6.41. The maximum absolute atomic E-state index is 13.1. The van der Waals surface area contributed by atoms with E-state index in [-0.39, 0.29) is 22.2 Å². The highest BCUT2D eigenvalue weighted by molar-refractivity contribution is 5.88. The Hall–Kier alpha value is -3.88. The minimum Gasteiger partial charge on any atom is -0.326 e. The second-order valence-electron chi connectivity index (χ2n) is 6.41. The van der Waals surface area contributed by atoms with E-state index in [1.165, 1.54) is 31.2 Å². The molecule has 0 radical (unpaired) electrons. The fourth-order valence-corrected chi connectivity index (χ4v) is 2.77. The number of anilines is 1. The number of carbonyl (C=O) groups excluding carboxylic acids is 1. The summed E-state index contributed by atoms with van der Waals surface area (Å²) >= 11 is 0. The number of benzene rings is 2. The summed E-state index contributed by atoms with van der Waals surface area (Å²) in [5.41, 5.74) is -1.43. The predicted molar refractivity (Wildman–Crippen MR) is 106 cm³/mol. The Morgan fingerprint density at radius 3 is 2.03 bits per heavy atom. The molecule has 0 unspecified atom stereocenters. The number of H-pyrrole nitrogens is 2. The highest BCUT2D eigenvalue weighted by atomic mass is 19.4. The Morgan fingerprint density at radius 1 is 0.900 bits per heavy atom. The summed E-state index contributed by atoms with van der Waals surface area (Å²) in [4.78, 5) is 40.4. The standard InChI is InChI=1S/C21H16F3N3O3/c1-12(28)25-15-8-6-13(7-9-15)10-17-19(29)27-18(20(30)26-17)11-14-4-2-3-5-16(14)21(22,23)24/h2-11H,1H3,(H,25,28)(H,26,30)(H,27,29). The zero-order valence-electron chi connectivity index (χ0n) is 15.6. The van der Waals surface area contributed by atoms with Gasteiger partial charge in [0, 0.05) is 12.6 Å². The predicted octanol–water partition coefficient (Wildman–Crippen LogP) is 1.70. The van der Waals surface area contributed by atoms with Gasteiger partial charge >= 0.3 is 6.18 Å². The molecule has 1 amide bonds. The fourth-order valence-electron chi connectivity index (χ4n) is 2.77. The van der Waals surface area contributed by atoms with Crippen LogP contribution in [0.5, 0.6) is 0 Å². The van der Waals surface area contributed by atoms with Crippen LogP contribution in [0.4, 0.5) is 18.9 Å². The zero-order valence-corrected chi connectivity index (χ0v) is 15.6. The van der Waals surface area contributed by atoms with E-state index in [1.807, 2.05) is 0 Å². The van der Waals surface area contributed by atoms with Gasteiger partial charge in [-0.2, -0.15) is 13.2 Å². The highest BCUT2D eigenvalue weighted by Gasteiger charge is 2.32. The molecule has 0 bridgehead atoms. The molecule has 1 heterocycles. The van der Waals surface area contributed by atoms with Crippen LogP contribution in [-0.4, -0.2) is 15.9 Å². The lowest BCUT2D eigenvalue weighted by molar-refractivity contribution is -0.137. The molecular formula is C21H16F3N3O3. The lowest BCUT2D eigenvalue weighted by Gasteiger charge is -2.09. The molecule has 0 fully saturated rings. The van der Waals surface area contributed by atoms with Crippen LogP contribution in [0.1, 0.15) is 23.6 Å². The van der Waals surface area contributed by atoms with Crippen LogP contribution < -0.4 is 27.1 Å². The molecule has 154 valence electrons. The zero-order chi connectivity index (χ0) is 21.9. The highest BCUT2D eigenvalue weighted by Crippen LogP contribution is 2.31. The topological polar surface area (TPSA) is 94.8 Å². The molecule has 0 saturated heterocycles. The number of aromatic amines is 2. The Balaban J connectivity index is 2.04. The number of halogens is 3. The lowest BCUT2D eigenvalue weighted by atomic mass is 10.1. The van der Waals surface area contributed by atoms with E-state index in [4.69, 9.17) is 0 Å². The number of amides is 1. The van der Waals surface area contributed by atoms with Crippen molar-refractivity contribution in [1.82, 2.24) is 9.97 Å².